The van der Waals surface area contributed by atoms with Crippen LogP contribution in [0.2, 0.25) is 0 Å². The number of thiazole rings is 1. The highest BCUT2D eigenvalue weighted by atomic mass is 32.1. The van der Waals surface area contributed by atoms with Crippen LogP contribution >= 0.6 is 11.3 Å². The minimum absolute atomic E-state index is 0.176. The van der Waals surface area contributed by atoms with Gasteiger partial charge in [-0.15, -0.1) is 11.3 Å². The van der Waals surface area contributed by atoms with Gasteiger partial charge in [0, 0.05) is 5.56 Å². The lowest BCUT2D eigenvalue weighted by atomic mass is 10.0. The summed E-state index contributed by atoms with van der Waals surface area (Å²) in [4.78, 5) is 27.8. The van der Waals surface area contributed by atoms with Crippen molar-refractivity contribution in [2.24, 2.45) is 0 Å². The molecule has 2 N–H and O–H groups in total. The van der Waals surface area contributed by atoms with Gasteiger partial charge in [0.05, 0.1) is 18.0 Å². The third kappa shape index (κ3) is 3.19. The first-order chi connectivity index (χ1) is 10.3. The van der Waals surface area contributed by atoms with Crippen molar-refractivity contribution in [3.8, 4) is 0 Å². The Labute approximate surface area is 132 Å². The summed E-state index contributed by atoms with van der Waals surface area (Å²) in [5.74, 6) is -0.872. The number of carboxylic acids is 1. The van der Waals surface area contributed by atoms with E-state index in [1.807, 2.05) is 13.8 Å². The number of amides is 1. The summed E-state index contributed by atoms with van der Waals surface area (Å²) in [6.07, 6.45) is 1.49. The molecule has 0 saturated carbocycles. The van der Waals surface area contributed by atoms with Crippen LogP contribution in [0.15, 0.2) is 16.7 Å². The van der Waals surface area contributed by atoms with E-state index in [0.717, 1.165) is 16.9 Å². The molecular formula is C15H18N2O4S. The minimum atomic E-state index is -1.01. The number of aryl methyl sites for hydroxylation is 1. The third-order valence-corrected chi connectivity index (χ3v) is 4.58. The molecule has 0 spiro atoms. The number of carbonyl (C=O) groups is 2. The van der Waals surface area contributed by atoms with Gasteiger partial charge in [-0.3, -0.25) is 4.79 Å². The molecule has 0 aromatic carbocycles. The van der Waals surface area contributed by atoms with E-state index in [1.54, 1.807) is 19.9 Å². The number of nitrogens with one attached hydrogen (secondary N) is 1. The lowest BCUT2D eigenvalue weighted by Gasteiger charge is -2.11. The van der Waals surface area contributed by atoms with Gasteiger partial charge < -0.3 is 14.8 Å². The van der Waals surface area contributed by atoms with Gasteiger partial charge >= 0.3 is 5.97 Å². The quantitative estimate of drug-likeness (QED) is 0.880. The van der Waals surface area contributed by atoms with E-state index in [1.165, 1.54) is 6.26 Å². The summed E-state index contributed by atoms with van der Waals surface area (Å²) in [5.41, 5.74) is 1.29. The van der Waals surface area contributed by atoms with Crippen LogP contribution in [0.1, 0.15) is 69.2 Å². The standard InChI is InChI=1S/C15H18N2O4S/c1-7(2)10-5-6-21-11(10)13(18)16-9(4)14-17-8(3)12(22-14)15(19)20/h5-7,9H,1-4H3,(H,16,18)(H,19,20). The molecule has 0 radical (unpaired) electrons. The fourth-order valence-corrected chi connectivity index (χ4v) is 2.99. The molecule has 7 heteroatoms. The minimum Gasteiger partial charge on any atom is -0.477 e. The van der Waals surface area contributed by atoms with E-state index >= 15 is 0 Å². The molecule has 0 aliphatic rings. The predicted octanol–water partition coefficient (Wildman–Crippen LogP) is 3.36. The molecule has 0 aliphatic heterocycles. The van der Waals surface area contributed by atoms with Gasteiger partial charge in [-0.05, 0) is 25.8 Å². The van der Waals surface area contributed by atoms with Crippen LogP contribution in [-0.2, 0) is 0 Å². The number of hydrogen-bond donors (Lipinski definition) is 2. The van der Waals surface area contributed by atoms with E-state index in [-0.39, 0.29) is 22.5 Å². The van der Waals surface area contributed by atoms with Crippen molar-refractivity contribution in [3.05, 3.63) is 39.2 Å². The first kappa shape index (κ1) is 16.2. The Bertz CT molecular complexity index is 702. The number of aromatic nitrogens is 1. The zero-order valence-corrected chi connectivity index (χ0v) is 13.7. The maximum absolute atomic E-state index is 12.3. The molecular weight excluding hydrogens is 304 g/mol. The van der Waals surface area contributed by atoms with Crippen molar-refractivity contribution in [1.82, 2.24) is 10.3 Å². The van der Waals surface area contributed by atoms with Crippen molar-refractivity contribution in [1.29, 1.82) is 0 Å². The molecule has 6 nitrogen and oxygen atoms in total. The second kappa shape index (κ2) is 6.31. The molecule has 2 aromatic heterocycles. The highest BCUT2D eigenvalue weighted by Gasteiger charge is 2.22. The molecule has 22 heavy (non-hydrogen) atoms. The number of hydrogen-bond acceptors (Lipinski definition) is 5. The zero-order valence-electron chi connectivity index (χ0n) is 12.8. The van der Waals surface area contributed by atoms with Gasteiger partial charge in [-0.2, -0.15) is 0 Å². The summed E-state index contributed by atoms with van der Waals surface area (Å²) >= 11 is 1.07. The summed E-state index contributed by atoms with van der Waals surface area (Å²) < 4.78 is 5.27. The fraction of sp³-hybridized carbons (Fsp3) is 0.400. The molecule has 1 amide bonds. The monoisotopic (exact) mass is 322 g/mol. The van der Waals surface area contributed by atoms with Crippen LogP contribution < -0.4 is 5.32 Å². The Morgan fingerprint density at radius 3 is 2.59 bits per heavy atom. The Kier molecular flexibility index (Phi) is 4.65. The smallest absolute Gasteiger partial charge is 0.347 e. The Morgan fingerprint density at radius 2 is 2.05 bits per heavy atom. The van der Waals surface area contributed by atoms with E-state index in [0.29, 0.717) is 10.7 Å². The molecule has 0 fully saturated rings. The first-order valence-corrected chi connectivity index (χ1v) is 7.71. The second-order valence-electron chi connectivity index (χ2n) is 5.33. The molecule has 1 unspecified atom stereocenters. The number of rotatable bonds is 5. The van der Waals surface area contributed by atoms with Crippen LogP contribution in [0, 0.1) is 6.92 Å². The third-order valence-electron chi connectivity index (χ3n) is 3.25. The average molecular weight is 322 g/mol. The molecule has 1 atom stereocenters. The lowest BCUT2D eigenvalue weighted by molar-refractivity contribution is 0.0700. The normalized spacial score (nSPS) is 12.4. The van der Waals surface area contributed by atoms with Crippen molar-refractivity contribution >= 4 is 23.2 Å². The van der Waals surface area contributed by atoms with E-state index in [2.05, 4.69) is 10.3 Å². The van der Waals surface area contributed by atoms with Crippen LogP contribution in [-0.4, -0.2) is 22.0 Å². The van der Waals surface area contributed by atoms with Crippen LogP contribution in [0.5, 0.6) is 0 Å². The van der Waals surface area contributed by atoms with Crippen molar-refractivity contribution in [2.45, 2.75) is 39.7 Å². The maximum Gasteiger partial charge on any atom is 0.347 e. The van der Waals surface area contributed by atoms with E-state index in [4.69, 9.17) is 9.52 Å². The highest BCUT2D eigenvalue weighted by Crippen LogP contribution is 2.25. The Morgan fingerprint density at radius 1 is 1.36 bits per heavy atom. The summed E-state index contributed by atoms with van der Waals surface area (Å²) in [7, 11) is 0. The first-order valence-electron chi connectivity index (χ1n) is 6.90. The number of aromatic carboxylic acids is 1. The van der Waals surface area contributed by atoms with Crippen LogP contribution in [0.25, 0.3) is 0 Å². The number of furan rings is 1. The lowest BCUT2D eigenvalue weighted by Crippen LogP contribution is -2.27. The maximum atomic E-state index is 12.3. The van der Waals surface area contributed by atoms with Crippen molar-refractivity contribution < 1.29 is 19.1 Å². The van der Waals surface area contributed by atoms with Gasteiger partial charge in [-0.25, -0.2) is 9.78 Å². The largest absolute Gasteiger partial charge is 0.477 e. The number of carbonyl (C=O) groups excluding carboxylic acids is 1. The Balaban J connectivity index is 2.16. The van der Waals surface area contributed by atoms with E-state index < -0.39 is 12.0 Å². The van der Waals surface area contributed by atoms with Crippen LogP contribution in [0.3, 0.4) is 0 Å². The van der Waals surface area contributed by atoms with Gasteiger partial charge in [0.2, 0.25) is 0 Å². The summed E-state index contributed by atoms with van der Waals surface area (Å²) in [6, 6.07) is 1.38. The molecule has 0 aliphatic carbocycles. The zero-order chi connectivity index (χ0) is 16.4. The predicted molar refractivity (Wildman–Crippen MR) is 82.5 cm³/mol. The van der Waals surface area contributed by atoms with Crippen molar-refractivity contribution in [2.75, 3.05) is 0 Å². The van der Waals surface area contributed by atoms with Crippen LogP contribution in [0.4, 0.5) is 0 Å². The second-order valence-corrected chi connectivity index (χ2v) is 6.36. The molecule has 118 valence electrons. The number of carboxylic acid groups (broad SMARTS) is 1. The molecule has 2 heterocycles. The SMILES string of the molecule is Cc1nc(C(C)NC(=O)c2occc2C(C)C)sc1C(=O)O. The van der Waals surface area contributed by atoms with Gasteiger partial charge in [0.15, 0.2) is 5.76 Å². The number of nitrogens with zero attached hydrogens (tertiary/aromatic N) is 1. The topological polar surface area (TPSA) is 92.4 Å². The molecule has 0 bridgehead atoms. The van der Waals surface area contributed by atoms with Gasteiger partial charge in [-0.1, -0.05) is 13.8 Å². The highest BCUT2D eigenvalue weighted by molar-refractivity contribution is 7.13. The summed E-state index contributed by atoms with van der Waals surface area (Å²) in [5, 5.41) is 12.4. The average Bonchev–Trinajstić information content (AvgIpc) is 3.04. The van der Waals surface area contributed by atoms with E-state index in [9.17, 15) is 9.59 Å². The van der Waals surface area contributed by atoms with Crippen molar-refractivity contribution in [3.63, 3.8) is 0 Å². The molecule has 0 saturated heterocycles. The van der Waals surface area contributed by atoms with Gasteiger partial charge in [0.25, 0.3) is 5.91 Å². The summed E-state index contributed by atoms with van der Waals surface area (Å²) in [6.45, 7) is 7.37. The fourth-order valence-electron chi connectivity index (χ4n) is 2.08. The molecule has 2 rings (SSSR count). The molecule has 2 aromatic rings. The Hall–Kier alpha value is -2.15. The van der Waals surface area contributed by atoms with Gasteiger partial charge in [0.1, 0.15) is 9.88 Å².